The lowest BCUT2D eigenvalue weighted by Gasteiger charge is -2.31. The minimum absolute atomic E-state index is 0.132. The summed E-state index contributed by atoms with van der Waals surface area (Å²) in [5, 5.41) is 13.7. The van der Waals surface area contributed by atoms with Gasteiger partial charge in [0.15, 0.2) is 0 Å². The van der Waals surface area contributed by atoms with Gasteiger partial charge < -0.3 is 10.4 Å². The van der Waals surface area contributed by atoms with Gasteiger partial charge in [0.1, 0.15) is 0 Å². The first kappa shape index (κ1) is 14.1. The molecular weight excluding hydrogens is 248 g/mol. The van der Waals surface area contributed by atoms with E-state index < -0.39 is 0 Å². The van der Waals surface area contributed by atoms with E-state index >= 15 is 0 Å². The molecule has 20 heavy (non-hydrogen) atoms. The highest BCUT2D eigenvalue weighted by molar-refractivity contribution is 5.14. The molecule has 0 bridgehead atoms. The Morgan fingerprint density at radius 3 is 2.70 bits per heavy atom. The Morgan fingerprint density at radius 1 is 1.10 bits per heavy atom. The molecule has 110 valence electrons. The van der Waals surface area contributed by atoms with E-state index in [2.05, 4.69) is 40.5 Å². The monoisotopic (exact) mass is 274 g/mol. The fourth-order valence-corrected chi connectivity index (χ4v) is 3.56. The summed E-state index contributed by atoms with van der Waals surface area (Å²) < 4.78 is 0. The molecule has 1 aliphatic heterocycles. The fraction of sp³-hybridized carbons (Fsp3) is 0.647. The molecule has 3 heteroatoms. The van der Waals surface area contributed by atoms with E-state index in [-0.39, 0.29) is 6.10 Å². The molecule has 1 aliphatic carbocycles. The second kappa shape index (κ2) is 6.70. The van der Waals surface area contributed by atoms with Gasteiger partial charge in [0, 0.05) is 31.7 Å². The summed E-state index contributed by atoms with van der Waals surface area (Å²) in [7, 11) is 0. The van der Waals surface area contributed by atoms with Crippen molar-refractivity contribution in [3.05, 3.63) is 35.9 Å². The molecule has 0 radical (unpaired) electrons. The van der Waals surface area contributed by atoms with Crippen molar-refractivity contribution in [2.75, 3.05) is 13.1 Å². The Bertz CT molecular complexity index is 409. The minimum atomic E-state index is -0.132. The smallest absolute Gasteiger partial charge is 0.0693 e. The number of likely N-dealkylation sites (tertiary alicyclic amines) is 1. The van der Waals surface area contributed by atoms with Crippen LogP contribution in [0.5, 0.6) is 0 Å². The Labute approximate surface area is 122 Å². The van der Waals surface area contributed by atoms with Gasteiger partial charge in [-0.15, -0.1) is 0 Å². The molecule has 0 amide bonds. The van der Waals surface area contributed by atoms with Crippen LogP contribution in [0.1, 0.15) is 37.7 Å². The van der Waals surface area contributed by atoms with Gasteiger partial charge in [-0.1, -0.05) is 43.2 Å². The summed E-state index contributed by atoms with van der Waals surface area (Å²) in [6, 6.07) is 11.6. The van der Waals surface area contributed by atoms with E-state index in [1.54, 1.807) is 0 Å². The Morgan fingerprint density at radius 2 is 1.90 bits per heavy atom. The van der Waals surface area contributed by atoms with Crippen molar-refractivity contribution in [2.45, 2.75) is 56.8 Å². The van der Waals surface area contributed by atoms with Crippen LogP contribution in [0.4, 0.5) is 0 Å². The van der Waals surface area contributed by atoms with Crippen LogP contribution in [0.2, 0.25) is 0 Å². The van der Waals surface area contributed by atoms with Gasteiger partial charge in [0.2, 0.25) is 0 Å². The number of nitrogens with zero attached hydrogens (tertiary/aromatic N) is 1. The lowest BCUT2D eigenvalue weighted by atomic mass is 9.92. The van der Waals surface area contributed by atoms with Gasteiger partial charge in [0.25, 0.3) is 0 Å². The third kappa shape index (κ3) is 3.60. The van der Waals surface area contributed by atoms with Crippen molar-refractivity contribution < 1.29 is 5.11 Å². The van der Waals surface area contributed by atoms with Gasteiger partial charge in [-0.3, -0.25) is 4.90 Å². The van der Waals surface area contributed by atoms with Crippen LogP contribution in [-0.4, -0.2) is 41.3 Å². The molecule has 2 aliphatic rings. The van der Waals surface area contributed by atoms with Crippen molar-refractivity contribution in [1.29, 1.82) is 0 Å². The molecule has 1 saturated heterocycles. The van der Waals surface area contributed by atoms with Crippen LogP contribution in [0.15, 0.2) is 30.3 Å². The Hall–Kier alpha value is -0.900. The van der Waals surface area contributed by atoms with E-state index in [0.29, 0.717) is 12.1 Å². The first-order valence-electron chi connectivity index (χ1n) is 8.01. The van der Waals surface area contributed by atoms with Gasteiger partial charge in [0.05, 0.1) is 6.10 Å². The van der Waals surface area contributed by atoms with Crippen LogP contribution in [0.3, 0.4) is 0 Å². The average molecular weight is 274 g/mol. The second-order valence-corrected chi connectivity index (χ2v) is 6.33. The van der Waals surface area contributed by atoms with E-state index in [1.165, 1.54) is 24.8 Å². The molecule has 2 fully saturated rings. The average Bonchev–Trinajstić information content (AvgIpc) is 2.90. The molecule has 1 aromatic rings. The van der Waals surface area contributed by atoms with Crippen LogP contribution in [-0.2, 0) is 6.54 Å². The largest absolute Gasteiger partial charge is 0.392 e. The van der Waals surface area contributed by atoms with Crippen LogP contribution in [0, 0.1) is 0 Å². The second-order valence-electron chi connectivity index (χ2n) is 6.33. The van der Waals surface area contributed by atoms with Gasteiger partial charge >= 0.3 is 0 Å². The first-order valence-corrected chi connectivity index (χ1v) is 8.01. The summed E-state index contributed by atoms with van der Waals surface area (Å²) in [6.07, 6.45) is 5.62. The number of rotatable bonds is 4. The molecular formula is C17H26N2O. The standard InChI is InChI=1S/C17H26N2O/c20-17-9-5-4-8-16(17)18-15-10-11-19(13-15)12-14-6-2-1-3-7-14/h1-3,6-7,15-18,20H,4-5,8-13H2. The molecule has 1 aromatic carbocycles. The van der Waals surface area contributed by atoms with Gasteiger partial charge in [-0.25, -0.2) is 0 Å². The summed E-state index contributed by atoms with van der Waals surface area (Å²) in [5.41, 5.74) is 1.39. The van der Waals surface area contributed by atoms with Crippen LogP contribution < -0.4 is 5.32 Å². The zero-order valence-corrected chi connectivity index (χ0v) is 12.2. The predicted molar refractivity (Wildman–Crippen MR) is 81.5 cm³/mol. The maximum absolute atomic E-state index is 10.1. The number of benzene rings is 1. The first-order chi connectivity index (χ1) is 9.81. The molecule has 3 nitrogen and oxygen atoms in total. The zero-order valence-electron chi connectivity index (χ0n) is 12.2. The van der Waals surface area contributed by atoms with Crippen molar-refractivity contribution in [3.63, 3.8) is 0 Å². The number of hydrogen-bond acceptors (Lipinski definition) is 3. The topological polar surface area (TPSA) is 35.5 Å². The lowest BCUT2D eigenvalue weighted by molar-refractivity contribution is 0.0851. The summed E-state index contributed by atoms with van der Waals surface area (Å²) in [4.78, 5) is 2.52. The third-order valence-electron chi connectivity index (χ3n) is 4.70. The Balaban J connectivity index is 1.47. The maximum atomic E-state index is 10.1. The molecule has 1 saturated carbocycles. The maximum Gasteiger partial charge on any atom is 0.0693 e. The molecule has 0 spiro atoms. The van der Waals surface area contributed by atoms with E-state index in [4.69, 9.17) is 0 Å². The van der Waals surface area contributed by atoms with Crippen molar-refractivity contribution in [3.8, 4) is 0 Å². The SMILES string of the molecule is OC1CCCCC1NC1CCN(Cc2ccccc2)C1. The number of nitrogens with one attached hydrogen (secondary N) is 1. The summed E-state index contributed by atoms with van der Waals surface area (Å²) >= 11 is 0. The molecule has 3 unspecified atom stereocenters. The van der Waals surface area contributed by atoms with Crippen molar-refractivity contribution in [1.82, 2.24) is 10.2 Å². The quantitative estimate of drug-likeness (QED) is 0.883. The summed E-state index contributed by atoms with van der Waals surface area (Å²) in [5.74, 6) is 0. The highest BCUT2D eigenvalue weighted by Crippen LogP contribution is 2.21. The highest BCUT2D eigenvalue weighted by atomic mass is 16.3. The Kier molecular flexibility index (Phi) is 4.71. The predicted octanol–water partition coefficient (Wildman–Crippen LogP) is 2.15. The molecule has 1 heterocycles. The molecule has 3 rings (SSSR count). The molecule has 0 aromatic heterocycles. The number of hydrogen-bond donors (Lipinski definition) is 2. The number of aliphatic hydroxyl groups is 1. The molecule has 3 atom stereocenters. The van der Waals surface area contributed by atoms with Crippen LogP contribution in [0.25, 0.3) is 0 Å². The van der Waals surface area contributed by atoms with E-state index in [1.807, 2.05) is 0 Å². The van der Waals surface area contributed by atoms with Crippen molar-refractivity contribution in [2.24, 2.45) is 0 Å². The van der Waals surface area contributed by atoms with E-state index in [9.17, 15) is 5.11 Å². The fourth-order valence-electron chi connectivity index (χ4n) is 3.56. The lowest BCUT2D eigenvalue weighted by Crippen LogP contribution is -2.47. The normalized spacial score (nSPS) is 31.6. The third-order valence-corrected chi connectivity index (χ3v) is 4.70. The number of aliphatic hydroxyl groups excluding tert-OH is 1. The van der Waals surface area contributed by atoms with Gasteiger partial charge in [-0.05, 0) is 24.8 Å². The minimum Gasteiger partial charge on any atom is -0.392 e. The zero-order chi connectivity index (χ0) is 13.8. The van der Waals surface area contributed by atoms with E-state index in [0.717, 1.165) is 32.5 Å². The molecule has 2 N–H and O–H groups in total. The summed E-state index contributed by atoms with van der Waals surface area (Å²) in [6.45, 7) is 3.32. The van der Waals surface area contributed by atoms with Gasteiger partial charge in [-0.2, -0.15) is 0 Å². The highest BCUT2D eigenvalue weighted by Gasteiger charge is 2.29. The van der Waals surface area contributed by atoms with Crippen LogP contribution >= 0.6 is 0 Å². The van der Waals surface area contributed by atoms with Crippen molar-refractivity contribution >= 4 is 0 Å².